The van der Waals surface area contributed by atoms with E-state index in [1.54, 1.807) is 13.1 Å². The summed E-state index contributed by atoms with van der Waals surface area (Å²) in [4.78, 5) is 11.2. The molecule has 0 fully saturated rings. The molecule has 0 aliphatic heterocycles. The van der Waals surface area contributed by atoms with Crippen LogP contribution in [0, 0.1) is 0 Å². The zero-order valence-corrected chi connectivity index (χ0v) is 10.7. The highest BCUT2D eigenvalue weighted by atomic mass is 79.9. The number of amides is 1. The summed E-state index contributed by atoms with van der Waals surface area (Å²) in [5, 5.41) is 6.21. The lowest BCUT2D eigenvalue weighted by Crippen LogP contribution is -2.31. The van der Waals surface area contributed by atoms with Crippen LogP contribution in [-0.2, 0) is 11.3 Å². The maximum Gasteiger partial charge on any atom is 0.234 e. The number of rotatable bonds is 4. The zero-order valence-electron chi connectivity index (χ0n) is 8.31. The molecule has 0 aromatic heterocycles. The van der Waals surface area contributed by atoms with E-state index in [-0.39, 0.29) is 5.91 Å². The Morgan fingerprint density at radius 3 is 2.93 bits per heavy atom. The van der Waals surface area contributed by atoms with Gasteiger partial charge in [0.15, 0.2) is 0 Å². The second-order valence-electron chi connectivity index (χ2n) is 3.02. The first-order valence-electron chi connectivity index (χ1n) is 4.49. The lowest BCUT2D eigenvalue weighted by Gasteiger charge is -2.07. The lowest BCUT2D eigenvalue weighted by molar-refractivity contribution is -0.120. The van der Waals surface area contributed by atoms with Gasteiger partial charge in [-0.15, -0.1) is 0 Å². The number of hydrogen-bond acceptors (Lipinski definition) is 2. The van der Waals surface area contributed by atoms with Gasteiger partial charge in [0.2, 0.25) is 5.91 Å². The van der Waals surface area contributed by atoms with Crippen molar-refractivity contribution in [1.29, 1.82) is 0 Å². The normalized spacial score (nSPS) is 10.1. The van der Waals surface area contributed by atoms with Crippen molar-refractivity contribution in [3.63, 3.8) is 0 Å². The fourth-order valence-corrected chi connectivity index (χ4v) is 1.70. The van der Waals surface area contributed by atoms with Crippen molar-refractivity contribution in [1.82, 2.24) is 10.6 Å². The van der Waals surface area contributed by atoms with Crippen LogP contribution in [0.1, 0.15) is 5.56 Å². The molecule has 1 amide bonds. The summed E-state index contributed by atoms with van der Waals surface area (Å²) in [6, 6.07) is 5.56. The number of halogens is 2. The minimum atomic E-state index is -0.0376. The summed E-state index contributed by atoms with van der Waals surface area (Å²) in [7, 11) is 1.73. The topological polar surface area (TPSA) is 41.1 Å². The molecular formula is C10H12BrClN2O. The highest BCUT2D eigenvalue weighted by Crippen LogP contribution is 2.25. The summed E-state index contributed by atoms with van der Waals surface area (Å²) in [5.41, 5.74) is 0.965. The summed E-state index contributed by atoms with van der Waals surface area (Å²) < 4.78 is 0.830. The van der Waals surface area contributed by atoms with Gasteiger partial charge in [-0.2, -0.15) is 0 Å². The van der Waals surface area contributed by atoms with Crippen molar-refractivity contribution >= 4 is 33.4 Å². The van der Waals surface area contributed by atoms with E-state index in [0.717, 1.165) is 10.0 Å². The van der Waals surface area contributed by atoms with E-state index in [1.165, 1.54) is 0 Å². The predicted octanol–water partition coefficient (Wildman–Crippen LogP) is 1.94. The molecule has 15 heavy (non-hydrogen) atoms. The molecule has 0 saturated carbocycles. The van der Waals surface area contributed by atoms with E-state index < -0.39 is 0 Å². The van der Waals surface area contributed by atoms with Gasteiger partial charge in [-0.05, 0) is 34.6 Å². The van der Waals surface area contributed by atoms with Gasteiger partial charge in [0.1, 0.15) is 0 Å². The molecule has 1 aromatic rings. The number of hydrogen-bond donors (Lipinski definition) is 2. The van der Waals surface area contributed by atoms with Crippen LogP contribution in [0.2, 0.25) is 5.02 Å². The summed E-state index contributed by atoms with van der Waals surface area (Å²) in [5.74, 6) is -0.0376. The van der Waals surface area contributed by atoms with Crippen LogP contribution in [0.5, 0.6) is 0 Å². The van der Waals surface area contributed by atoms with Gasteiger partial charge in [0, 0.05) is 11.0 Å². The van der Waals surface area contributed by atoms with Gasteiger partial charge in [-0.25, -0.2) is 0 Å². The quantitative estimate of drug-likeness (QED) is 0.890. The maximum atomic E-state index is 11.2. The number of likely N-dealkylation sites (N-methyl/N-ethyl adjacent to an activating group) is 1. The predicted molar refractivity (Wildman–Crippen MR) is 64.9 cm³/mol. The molecule has 0 aliphatic carbocycles. The summed E-state index contributed by atoms with van der Waals surface area (Å²) in [6.45, 7) is 0.792. The van der Waals surface area contributed by atoms with Gasteiger partial charge in [0.25, 0.3) is 0 Å². The van der Waals surface area contributed by atoms with E-state index in [1.807, 2.05) is 12.1 Å². The van der Waals surface area contributed by atoms with Crippen LogP contribution in [0.15, 0.2) is 22.7 Å². The third kappa shape index (κ3) is 3.81. The standard InChI is InChI=1S/C10H12BrClN2O/c1-13-6-9(15)14-5-7-3-2-4-8(12)10(7)11/h2-4,13H,5-6H2,1H3,(H,14,15). The first kappa shape index (κ1) is 12.5. The smallest absolute Gasteiger partial charge is 0.234 e. The largest absolute Gasteiger partial charge is 0.351 e. The summed E-state index contributed by atoms with van der Waals surface area (Å²) in [6.07, 6.45) is 0. The van der Waals surface area contributed by atoms with Gasteiger partial charge in [-0.3, -0.25) is 4.79 Å². The van der Waals surface area contributed by atoms with Crippen LogP contribution in [0.3, 0.4) is 0 Å². The van der Waals surface area contributed by atoms with Crippen LogP contribution in [-0.4, -0.2) is 19.5 Å². The third-order valence-corrected chi connectivity index (χ3v) is 3.32. The molecule has 0 heterocycles. The van der Waals surface area contributed by atoms with E-state index in [4.69, 9.17) is 11.6 Å². The Bertz CT molecular complexity index is 357. The Kier molecular flexibility index (Phi) is 5.08. The molecule has 2 N–H and O–H groups in total. The van der Waals surface area contributed by atoms with Crippen LogP contribution >= 0.6 is 27.5 Å². The molecule has 0 bridgehead atoms. The van der Waals surface area contributed by atoms with Gasteiger partial charge < -0.3 is 10.6 Å². The SMILES string of the molecule is CNCC(=O)NCc1cccc(Cl)c1Br. The van der Waals surface area contributed by atoms with Crippen LogP contribution in [0.25, 0.3) is 0 Å². The van der Waals surface area contributed by atoms with Crippen molar-refractivity contribution in [2.45, 2.75) is 6.54 Å². The van der Waals surface area contributed by atoms with E-state index >= 15 is 0 Å². The maximum absolute atomic E-state index is 11.2. The average Bonchev–Trinajstić information content (AvgIpc) is 2.21. The average molecular weight is 292 g/mol. The van der Waals surface area contributed by atoms with Crippen molar-refractivity contribution in [2.75, 3.05) is 13.6 Å². The molecule has 82 valence electrons. The van der Waals surface area contributed by atoms with Crippen LogP contribution in [0.4, 0.5) is 0 Å². The Balaban J connectivity index is 2.58. The number of benzene rings is 1. The Morgan fingerprint density at radius 2 is 2.27 bits per heavy atom. The molecule has 1 aromatic carbocycles. The molecular weight excluding hydrogens is 279 g/mol. The van der Waals surface area contributed by atoms with E-state index in [9.17, 15) is 4.79 Å². The third-order valence-electron chi connectivity index (χ3n) is 1.84. The molecule has 3 nitrogen and oxygen atoms in total. The molecule has 1 rings (SSSR count). The Labute approximate surface area is 102 Å². The first-order chi connectivity index (χ1) is 7.15. The molecule has 0 radical (unpaired) electrons. The fraction of sp³-hybridized carbons (Fsp3) is 0.300. The first-order valence-corrected chi connectivity index (χ1v) is 5.66. The van der Waals surface area contributed by atoms with Crippen molar-refractivity contribution in [3.05, 3.63) is 33.3 Å². The van der Waals surface area contributed by atoms with E-state index in [0.29, 0.717) is 18.1 Å². The second kappa shape index (κ2) is 6.10. The minimum absolute atomic E-state index is 0.0376. The van der Waals surface area contributed by atoms with Crippen LogP contribution < -0.4 is 10.6 Å². The van der Waals surface area contributed by atoms with Gasteiger partial charge in [0.05, 0.1) is 11.6 Å². The van der Waals surface area contributed by atoms with Crippen molar-refractivity contribution in [3.8, 4) is 0 Å². The van der Waals surface area contributed by atoms with E-state index in [2.05, 4.69) is 26.6 Å². The molecule has 5 heteroatoms. The Morgan fingerprint density at radius 1 is 1.53 bits per heavy atom. The zero-order chi connectivity index (χ0) is 11.3. The Hall–Kier alpha value is -0.580. The second-order valence-corrected chi connectivity index (χ2v) is 4.22. The molecule has 0 atom stereocenters. The lowest BCUT2D eigenvalue weighted by atomic mass is 10.2. The number of carbonyl (C=O) groups is 1. The highest BCUT2D eigenvalue weighted by Gasteiger charge is 2.05. The van der Waals surface area contributed by atoms with Crippen molar-refractivity contribution in [2.24, 2.45) is 0 Å². The minimum Gasteiger partial charge on any atom is -0.351 e. The summed E-state index contributed by atoms with van der Waals surface area (Å²) >= 11 is 9.29. The molecule has 0 unspecified atom stereocenters. The van der Waals surface area contributed by atoms with Gasteiger partial charge >= 0.3 is 0 Å². The monoisotopic (exact) mass is 290 g/mol. The molecule has 0 spiro atoms. The van der Waals surface area contributed by atoms with Crippen molar-refractivity contribution < 1.29 is 4.79 Å². The molecule has 0 saturated heterocycles. The number of nitrogens with one attached hydrogen (secondary N) is 2. The van der Waals surface area contributed by atoms with Gasteiger partial charge in [-0.1, -0.05) is 23.7 Å². The number of carbonyl (C=O) groups excluding carboxylic acids is 1. The fourth-order valence-electron chi connectivity index (χ4n) is 1.10. The highest BCUT2D eigenvalue weighted by molar-refractivity contribution is 9.10. The molecule has 0 aliphatic rings.